The fourth-order valence-electron chi connectivity index (χ4n) is 5.13. The minimum atomic E-state index is 0.00838. The topological polar surface area (TPSA) is 57.6 Å². The van der Waals surface area contributed by atoms with E-state index in [-0.39, 0.29) is 11.5 Å². The van der Waals surface area contributed by atoms with Crippen LogP contribution in [0.15, 0.2) is 16.9 Å². The van der Waals surface area contributed by atoms with E-state index in [0.717, 1.165) is 37.4 Å². The quantitative estimate of drug-likeness (QED) is 0.847. The molecule has 1 aromatic heterocycles. The fraction of sp³-hybridized carbons (Fsp3) is 0.700. The van der Waals surface area contributed by atoms with Gasteiger partial charge >= 0.3 is 0 Å². The Bertz CT molecular complexity index is 757. The van der Waals surface area contributed by atoms with Gasteiger partial charge in [0.2, 0.25) is 5.91 Å². The molecule has 27 heavy (non-hydrogen) atoms. The van der Waals surface area contributed by atoms with E-state index in [0.29, 0.717) is 23.6 Å². The molecule has 1 N–H and O–H groups in total. The van der Waals surface area contributed by atoms with Gasteiger partial charge in [0.05, 0.1) is 11.4 Å². The number of thioether (sulfide) groups is 1. The van der Waals surface area contributed by atoms with Gasteiger partial charge in [0, 0.05) is 43.4 Å². The van der Waals surface area contributed by atoms with Crippen molar-refractivity contribution in [3.05, 3.63) is 28.2 Å². The molecule has 4 rings (SSSR count). The molecule has 1 amide bonds. The molecule has 0 unspecified atom stereocenters. The summed E-state index contributed by atoms with van der Waals surface area (Å²) in [5, 5.41) is 3.06. The van der Waals surface area contributed by atoms with Gasteiger partial charge in [-0.05, 0) is 57.6 Å². The first-order valence-electron chi connectivity index (χ1n) is 10.00. The van der Waals surface area contributed by atoms with E-state index in [4.69, 9.17) is 0 Å². The molecular formula is C20H30N4O2S. The van der Waals surface area contributed by atoms with Crippen molar-refractivity contribution in [2.24, 2.45) is 5.92 Å². The maximum absolute atomic E-state index is 12.5. The highest BCUT2D eigenvalue weighted by atomic mass is 32.2. The predicted octanol–water partition coefficient (Wildman–Crippen LogP) is 1.66. The number of anilines is 1. The van der Waals surface area contributed by atoms with Gasteiger partial charge in [0.25, 0.3) is 5.56 Å². The molecule has 4 heterocycles. The molecule has 0 radical (unpaired) electrons. The molecule has 2 fully saturated rings. The van der Waals surface area contributed by atoms with Crippen molar-refractivity contribution >= 4 is 23.4 Å². The van der Waals surface area contributed by atoms with Crippen LogP contribution in [0.3, 0.4) is 0 Å². The van der Waals surface area contributed by atoms with Crippen LogP contribution in [0.1, 0.15) is 30.9 Å². The molecule has 0 spiro atoms. The Hall–Kier alpha value is -1.31. The minimum Gasteiger partial charge on any atom is -0.324 e. The Morgan fingerprint density at radius 3 is 2.74 bits per heavy atom. The normalized spacial score (nSPS) is 26.6. The van der Waals surface area contributed by atoms with Crippen LogP contribution >= 0.6 is 11.8 Å². The van der Waals surface area contributed by atoms with Crippen LogP contribution in [0.25, 0.3) is 0 Å². The number of nitrogens with one attached hydrogen (secondary N) is 1. The van der Waals surface area contributed by atoms with Crippen molar-refractivity contribution in [2.75, 3.05) is 50.6 Å². The second-order valence-electron chi connectivity index (χ2n) is 8.35. The number of carbonyl (C=O) groups excluding carboxylic acids is 1. The van der Waals surface area contributed by atoms with Gasteiger partial charge in [-0.15, -0.1) is 0 Å². The van der Waals surface area contributed by atoms with Crippen molar-refractivity contribution in [3.63, 3.8) is 0 Å². The predicted molar refractivity (Wildman–Crippen MR) is 111 cm³/mol. The summed E-state index contributed by atoms with van der Waals surface area (Å²) in [6.45, 7) is 5.21. The second kappa shape index (κ2) is 7.97. The van der Waals surface area contributed by atoms with E-state index in [1.807, 2.05) is 10.8 Å². The Labute approximate surface area is 165 Å². The van der Waals surface area contributed by atoms with E-state index >= 15 is 0 Å². The Morgan fingerprint density at radius 1 is 1.22 bits per heavy atom. The third-order valence-corrected chi connectivity index (χ3v) is 6.92. The third-order valence-electron chi connectivity index (χ3n) is 6.37. The van der Waals surface area contributed by atoms with Crippen LogP contribution in [0.5, 0.6) is 0 Å². The van der Waals surface area contributed by atoms with E-state index in [1.54, 1.807) is 12.1 Å². The van der Waals surface area contributed by atoms with Crippen molar-refractivity contribution < 1.29 is 4.79 Å². The summed E-state index contributed by atoms with van der Waals surface area (Å²) in [6.07, 6.45) is 5.51. The summed E-state index contributed by atoms with van der Waals surface area (Å²) in [4.78, 5) is 29.7. The number of piperidine rings is 2. The molecule has 2 saturated heterocycles. The molecule has 0 saturated carbocycles. The van der Waals surface area contributed by atoms with Crippen LogP contribution in [-0.2, 0) is 11.3 Å². The van der Waals surface area contributed by atoms with Crippen LogP contribution < -0.4 is 10.9 Å². The first-order valence-corrected chi connectivity index (χ1v) is 11.4. The minimum absolute atomic E-state index is 0.00838. The highest BCUT2D eigenvalue weighted by Crippen LogP contribution is 2.39. The standard InChI is InChI=1S/C20H30N4O2S/c1-22-7-5-16(6-8-22)23-10-14-9-15(12-23)20-17(21-18(25)13-27-2)3-4-19(26)24(20)11-14/h3-4,14-16H,5-13H2,1-2H3,(H,21,25)/t14-,15-/m1/s1. The molecule has 1 aromatic rings. The van der Waals surface area contributed by atoms with Gasteiger partial charge in [-0.3, -0.25) is 14.5 Å². The van der Waals surface area contributed by atoms with E-state index in [9.17, 15) is 9.59 Å². The number of hydrogen-bond donors (Lipinski definition) is 1. The Kier molecular flexibility index (Phi) is 5.62. The van der Waals surface area contributed by atoms with Gasteiger partial charge < -0.3 is 14.8 Å². The molecule has 0 aromatic carbocycles. The average Bonchev–Trinajstić information content (AvgIpc) is 2.64. The molecule has 148 valence electrons. The maximum atomic E-state index is 12.5. The molecule has 3 aliphatic rings. The van der Waals surface area contributed by atoms with Crippen LogP contribution in [-0.4, -0.2) is 71.6 Å². The van der Waals surface area contributed by atoms with Gasteiger partial charge in [-0.1, -0.05) is 0 Å². The van der Waals surface area contributed by atoms with Gasteiger partial charge in [0.1, 0.15) is 0 Å². The molecule has 7 heteroatoms. The maximum Gasteiger partial charge on any atom is 0.250 e. The molecule has 6 nitrogen and oxygen atoms in total. The Morgan fingerprint density at radius 2 is 2.00 bits per heavy atom. The van der Waals surface area contributed by atoms with Crippen LogP contribution in [0, 0.1) is 5.92 Å². The summed E-state index contributed by atoms with van der Waals surface area (Å²) < 4.78 is 1.93. The summed E-state index contributed by atoms with van der Waals surface area (Å²) >= 11 is 1.51. The van der Waals surface area contributed by atoms with Crippen molar-refractivity contribution in [1.29, 1.82) is 0 Å². The molecule has 2 atom stereocenters. The monoisotopic (exact) mass is 390 g/mol. The number of fused-ring (bicyclic) bond motifs is 4. The number of aromatic nitrogens is 1. The summed E-state index contributed by atoms with van der Waals surface area (Å²) in [7, 11) is 2.20. The summed E-state index contributed by atoms with van der Waals surface area (Å²) in [5.41, 5.74) is 1.95. The number of amides is 1. The summed E-state index contributed by atoms with van der Waals surface area (Å²) in [6, 6.07) is 4.07. The lowest BCUT2D eigenvalue weighted by Gasteiger charge is -2.47. The van der Waals surface area contributed by atoms with Crippen molar-refractivity contribution in [1.82, 2.24) is 14.4 Å². The summed E-state index contributed by atoms with van der Waals surface area (Å²) in [5.74, 6) is 1.31. The molecule has 2 bridgehead atoms. The average molecular weight is 391 g/mol. The van der Waals surface area contributed by atoms with Crippen molar-refractivity contribution in [3.8, 4) is 0 Å². The van der Waals surface area contributed by atoms with E-state index in [1.165, 1.54) is 37.7 Å². The fourth-order valence-corrected chi connectivity index (χ4v) is 5.47. The number of carbonyl (C=O) groups is 1. The van der Waals surface area contributed by atoms with E-state index in [2.05, 4.69) is 22.2 Å². The number of hydrogen-bond acceptors (Lipinski definition) is 5. The third kappa shape index (κ3) is 3.96. The zero-order valence-corrected chi connectivity index (χ0v) is 17.1. The van der Waals surface area contributed by atoms with Crippen LogP contribution in [0.2, 0.25) is 0 Å². The SMILES string of the molecule is CSCC(=O)Nc1ccc(=O)n2c1[C@@H]1C[C@H](CN(C3CCN(C)CC3)C1)C2. The van der Waals surface area contributed by atoms with Gasteiger partial charge in [-0.2, -0.15) is 11.8 Å². The van der Waals surface area contributed by atoms with Crippen molar-refractivity contribution in [2.45, 2.75) is 37.8 Å². The molecule has 0 aliphatic carbocycles. The first kappa shape index (κ1) is 19.0. The van der Waals surface area contributed by atoms with Gasteiger partial charge in [0.15, 0.2) is 0 Å². The van der Waals surface area contributed by atoms with Gasteiger partial charge in [-0.25, -0.2) is 0 Å². The number of rotatable bonds is 4. The smallest absolute Gasteiger partial charge is 0.250 e. The number of likely N-dealkylation sites (tertiary alicyclic amines) is 2. The lowest BCUT2D eigenvalue weighted by molar-refractivity contribution is -0.113. The zero-order valence-electron chi connectivity index (χ0n) is 16.3. The first-order chi connectivity index (χ1) is 13.0. The highest BCUT2D eigenvalue weighted by Gasteiger charge is 2.38. The van der Waals surface area contributed by atoms with Crippen LogP contribution in [0.4, 0.5) is 5.69 Å². The lowest BCUT2D eigenvalue weighted by Crippen LogP contribution is -2.53. The van der Waals surface area contributed by atoms with E-state index < -0.39 is 0 Å². The number of nitrogens with zero attached hydrogens (tertiary/aromatic N) is 3. The zero-order chi connectivity index (χ0) is 19.0. The Balaban J connectivity index is 1.59. The lowest BCUT2D eigenvalue weighted by atomic mass is 9.81. The highest BCUT2D eigenvalue weighted by molar-refractivity contribution is 7.99. The number of pyridine rings is 1. The molecular weight excluding hydrogens is 360 g/mol. The molecule has 3 aliphatic heterocycles. The largest absolute Gasteiger partial charge is 0.324 e. The second-order valence-corrected chi connectivity index (χ2v) is 9.22.